The van der Waals surface area contributed by atoms with E-state index in [-0.39, 0.29) is 22.8 Å². The lowest BCUT2D eigenvalue weighted by Gasteiger charge is -2.60. The predicted octanol–water partition coefficient (Wildman–Crippen LogP) is 7.35. The third-order valence-electron chi connectivity index (χ3n) is 7.11. The van der Waals surface area contributed by atoms with Gasteiger partial charge in [0.1, 0.15) is 5.82 Å². The normalized spacial score (nSPS) is 30.1. The quantitative estimate of drug-likeness (QED) is 0.464. The molecule has 1 aromatic rings. The van der Waals surface area contributed by atoms with Gasteiger partial charge in [-0.3, -0.25) is 0 Å². The molecule has 2 aliphatic rings. The summed E-state index contributed by atoms with van der Waals surface area (Å²) in [5, 5.41) is 0. The summed E-state index contributed by atoms with van der Waals surface area (Å²) in [6, 6.07) is 4.43. The van der Waals surface area contributed by atoms with Gasteiger partial charge in [-0.25, -0.2) is 4.98 Å². The van der Waals surface area contributed by atoms with Gasteiger partial charge in [0.25, 0.3) is 0 Å². The molecule has 3 nitrogen and oxygen atoms in total. The zero-order valence-corrected chi connectivity index (χ0v) is 21.3. The standard InChI is InChI=1S/C24H34N2O.C4H10/c1-8-12-24(7)20-16-27-14-11-17(2)15-21(20)26(19(4)23(24,5)6)22-18(3)10-9-13-25-22;1-4(2)3/h8-10,12-13,15,19-20H,2,11,14,16H2,1,3-7H3;4H,1-3H3/b12-8?,21-15+;. The Labute approximate surface area is 191 Å². The molecule has 1 fully saturated rings. The summed E-state index contributed by atoms with van der Waals surface area (Å²) in [7, 11) is 0. The molecule has 0 amide bonds. The summed E-state index contributed by atoms with van der Waals surface area (Å²) < 4.78 is 6.12. The highest BCUT2D eigenvalue weighted by molar-refractivity contribution is 5.57. The summed E-state index contributed by atoms with van der Waals surface area (Å²) in [6.45, 7) is 26.0. The van der Waals surface area contributed by atoms with Crippen LogP contribution in [0.2, 0.25) is 0 Å². The fourth-order valence-corrected chi connectivity index (χ4v) is 4.75. The van der Waals surface area contributed by atoms with E-state index < -0.39 is 0 Å². The largest absolute Gasteiger partial charge is 0.380 e. The van der Waals surface area contributed by atoms with Crippen molar-refractivity contribution in [2.75, 3.05) is 18.1 Å². The number of fused-ring (bicyclic) bond motifs is 1. The van der Waals surface area contributed by atoms with Crippen molar-refractivity contribution in [3.63, 3.8) is 0 Å². The molecular weight excluding hydrogens is 380 g/mol. The smallest absolute Gasteiger partial charge is 0.135 e. The lowest BCUT2D eigenvalue weighted by atomic mass is 9.53. The molecule has 1 aromatic heterocycles. The number of aryl methyl sites for hydroxylation is 1. The molecular formula is C28H44N2O. The fourth-order valence-electron chi connectivity index (χ4n) is 4.75. The Morgan fingerprint density at radius 1 is 1.26 bits per heavy atom. The van der Waals surface area contributed by atoms with E-state index in [0.29, 0.717) is 0 Å². The van der Waals surface area contributed by atoms with Crippen LogP contribution in [0.1, 0.15) is 67.4 Å². The van der Waals surface area contributed by atoms with Crippen molar-refractivity contribution in [3.8, 4) is 0 Å². The Morgan fingerprint density at radius 3 is 2.48 bits per heavy atom. The van der Waals surface area contributed by atoms with Gasteiger partial charge in [-0.15, -0.1) is 0 Å². The Bertz CT molecular complexity index is 817. The van der Waals surface area contributed by atoms with Crippen molar-refractivity contribution in [1.29, 1.82) is 0 Å². The molecule has 0 spiro atoms. The van der Waals surface area contributed by atoms with Crippen LogP contribution in [0.5, 0.6) is 0 Å². The van der Waals surface area contributed by atoms with Gasteiger partial charge in [0, 0.05) is 29.3 Å². The predicted molar refractivity (Wildman–Crippen MR) is 134 cm³/mol. The lowest BCUT2D eigenvalue weighted by Crippen LogP contribution is -2.61. The van der Waals surface area contributed by atoms with Gasteiger partial charge < -0.3 is 9.64 Å². The molecule has 0 N–H and O–H groups in total. The molecule has 0 bridgehead atoms. The third kappa shape index (κ3) is 5.14. The van der Waals surface area contributed by atoms with E-state index in [1.807, 2.05) is 12.3 Å². The van der Waals surface area contributed by atoms with Crippen molar-refractivity contribution < 1.29 is 4.74 Å². The van der Waals surface area contributed by atoms with Gasteiger partial charge in [0.2, 0.25) is 0 Å². The van der Waals surface area contributed by atoms with Crippen LogP contribution >= 0.6 is 0 Å². The molecule has 3 unspecified atom stereocenters. The number of rotatable bonds is 2. The molecule has 0 saturated carbocycles. The summed E-state index contributed by atoms with van der Waals surface area (Å²) in [5.74, 6) is 2.13. The number of ether oxygens (including phenoxy) is 1. The average molecular weight is 425 g/mol. The molecule has 0 radical (unpaired) electrons. The second kappa shape index (κ2) is 10.2. The molecule has 0 aromatic carbocycles. The second-order valence-electron chi connectivity index (χ2n) is 10.5. The summed E-state index contributed by atoms with van der Waals surface area (Å²) in [6.07, 6.45) is 9.66. The second-order valence-corrected chi connectivity index (χ2v) is 10.5. The molecule has 1 saturated heterocycles. The minimum atomic E-state index is -0.0240. The molecule has 3 heteroatoms. The number of hydrogen-bond acceptors (Lipinski definition) is 3. The van der Waals surface area contributed by atoms with Crippen LogP contribution in [-0.2, 0) is 4.74 Å². The highest BCUT2D eigenvalue weighted by Crippen LogP contribution is 2.58. The fraction of sp³-hybridized carbons (Fsp3) is 0.607. The third-order valence-corrected chi connectivity index (χ3v) is 7.11. The molecule has 3 atom stereocenters. The van der Waals surface area contributed by atoms with Crippen molar-refractivity contribution in [3.05, 3.63) is 60.0 Å². The van der Waals surface area contributed by atoms with E-state index in [4.69, 9.17) is 9.72 Å². The first-order valence-corrected chi connectivity index (χ1v) is 11.8. The molecule has 31 heavy (non-hydrogen) atoms. The maximum absolute atomic E-state index is 6.12. The summed E-state index contributed by atoms with van der Waals surface area (Å²) in [4.78, 5) is 7.23. The van der Waals surface area contributed by atoms with Crippen molar-refractivity contribution in [1.82, 2.24) is 4.98 Å². The topological polar surface area (TPSA) is 25.4 Å². The minimum Gasteiger partial charge on any atom is -0.380 e. The first kappa shape index (κ1) is 25.4. The lowest BCUT2D eigenvalue weighted by molar-refractivity contribution is -0.0135. The maximum Gasteiger partial charge on any atom is 0.135 e. The van der Waals surface area contributed by atoms with Gasteiger partial charge in [-0.1, -0.05) is 71.9 Å². The van der Waals surface area contributed by atoms with Crippen LogP contribution in [0.3, 0.4) is 0 Å². The summed E-state index contributed by atoms with van der Waals surface area (Å²) in [5.41, 5.74) is 3.61. The monoisotopic (exact) mass is 424 g/mol. The number of aromatic nitrogens is 1. The number of piperidine rings is 1. The van der Waals surface area contributed by atoms with Gasteiger partial charge in [0.15, 0.2) is 0 Å². The van der Waals surface area contributed by atoms with E-state index >= 15 is 0 Å². The highest BCUT2D eigenvalue weighted by Gasteiger charge is 2.56. The van der Waals surface area contributed by atoms with E-state index in [2.05, 4.69) is 98.1 Å². The number of nitrogens with zero attached hydrogens (tertiary/aromatic N) is 2. The number of hydrogen-bond donors (Lipinski definition) is 0. The van der Waals surface area contributed by atoms with Crippen LogP contribution in [0.15, 0.2) is 54.4 Å². The number of anilines is 1. The Morgan fingerprint density at radius 2 is 1.90 bits per heavy atom. The molecule has 2 aliphatic heterocycles. The Balaban J connectivity index is 0.000000785. The van der Waals surface area contributed by atoms with Crippen molar-refractivity contribution in [2.45, 2.75) is 74.8 Å². The zero-order chi connectivity index (χ0) is 23.4. The van der Waals surface area contributed by atoms with Crippen LogP contribution in [0, 0.1) is 29.6 Å². The van der Waals surface area contributed by atoms with Crippen LogP contribution in [0.4, 0.5) is 5.82 Å². The van der Waals surface area contributed by atoms with E-state index in [1.165, 1.54) is 11.3 Å². The van der Waals surface area contributed by atoms with Crippen molar-refractivity contribution in [2.24, 2.45) is 22.7 Å². The van der Waals surface area contributed by atoms with E-state index in [1.54, 1.807) is 0 Å². The maximum atomic E-state index is 6.12. The van der Waals surface area contributed by atoms with E-state index in [0.717, 1.165) is 36.9 Å². The van der Waals surface area contributed by atoms with Crippen LogP contribution in [0.25, 0.3) is 0 Å². The first-order valence-electron chi connectivity index (χ1n) is 11.8. The molecule has 3 rings (SSSR count). The van der Waals surface area contributed by atoms with Crippen molar-refractivity contribution >= 4 is 5.82 Å². The summed E-state index contributed by atoms with van der Waals surface area (Å²) >= 11 is 0. The average Bonchev–Trinajstić information content (AvgIpc) is 2.65. The minimum absolute atomic E-state index is 0.0232. The van der Waals surface area contributed by atoms with Gasteiger partial charge >= 0.3 is 0 Å². The zero-order valence-electron chi connectivity index (χ0n) is 21.3. The molecule has 3 heterocycles. The number of pyridine rings is 1. The van der Waals surface area contributed by atoms with E-state index in [9.17, 15) is 0 Å². The molecule has 172 valence electrons. The highest BCUT2D eigenvalue weighted by atomic mass is 16.5. The number of allylic oxidation sites excluding steroid dienone is 3. The van der Waals surface area contributed by atoms with Gasteiger partial charge in [0.05, 0.1) is 13.2 Å². The first-order chi connectivity index (χ1) is 14.5. The van der Waals surface area contributed by atoms with Gasteiger partial charge in [-0.05, 0) is 56.2 Å². The van der Waals surface area contributed by atoms with Gasteiger partial charge in [-0.2, -0.15) is 0 Å². The van der Waals surface area contributed by atoms with Crippen LogP contribution in [-0.4, -0.2) is 24.2 Å². The Kier molecular flexibility index (Phi) is 8.33. The molecule has 0 aliphatic carbocycles. The Hall–Kier alpha value is -1.87. The van der Waals surface area contributed by atoms with Crippen LogP contribution < -0.4 is 4.90 Å². The SMILES string of the molecule is C=C1/C=C2\C(COCC1)C(C)(C=CC)C(C)(C)C(C)N2c1ncccc1C.CC(C)C.